The Morgan fingerprint density at radius 1 is 1.15 bits per heavy atom. The lowest BCUT2D eigenvalue weighted by molar-refractivity contribution is 0.0940. The van der Waals surface area contributed by atoms with E-state index in [-0.39, 0.29) is 11.9 Å². The summed E-state index contributed by atoms with van der Waals surface area (Å²) in [5, 5.41) is 6.06. The molecule has 5 heteroatoms. The van der Waals surface area contributed by atoms with E-state index in [1.54, 1.807) is 23.5 Å². The van der Waals surface area contributed by atoms with Crippen LogP contribution in [0.5, 0.6) is 5.75 Å². The highest BCUT2D eigenvalue weighted by Gasteiger charge is 2.13. The van der Waals surface area contributed by atoms with Crippen molar-refractivity contribution in [3.05, 3.63) is 81.3 Å². The average Bonchev–Trinajstić information content (AvgIpc) is 3.06. The summed E-state index contributed by atoms with van der Waals surface area (Å²) in [7, 11) is 0. The van der Waals surface area contributed by atoms with E-state index in [0.717, 1.165) is 22.0 Å². The summed E-state index contributed by atoms with van der Waals surface area (Å²) in [6, 6.07) is 15.2. The molecule has 0 radical (unpaired) electrons. The summed E-state index contributed by atoms with van der Waals surface area (Å²) in [6.07, 6.45) is 0. The minimum Gasteiger partial charge on any atom is -0.487 e. The first-order valence-electron chi connectivity index (χ1n) is 8.53. The van der Waals surface area contributed by atoms with Crippen LogP contribution in [-0.2, 0) is 6.61 Å². The summed E-state index contributed by atoms with van der Waals surface area (Å²) < 4.78 is 5.72. The molecule has 0 spiro atoms. The van der Waals surface area contributed by atoms with E-state index in [1.165, 1.54) is 5.56 Å². The van der Waals surface area contributed by atoms with Crippen LogP contribution in [0.3, 0.4) is 0 Å². The second-order valence-corrected chi connectivity index (χ2v) is 7.28. The largest absolute Gasteiger partial charge is 0.487 e. The Bertz CT molecular complexity index is 887. The molecule has 4 nitrogen and oxygen atoms in total. The van der Waals surface area contributed by atoms with Crippen LogP contribution in [0.1, 0.15) is 45.2 Å². The van der Waals surface area contributed by atoms with Gasteiger partial charge in [-0.2, -0.15) is 0 Å². The third-order valence-electron chi connectivity index (χ3n) is 4.17. The second-order valence-electron chi connectivity index (χ2n) is 6.22. The van der Waals surface area contributed by atoms with Gasteiger partial charge in [0.25, 0.3) is 5.91 Å². The van der Waals surface area contributed by atoms with Crippen molar-refractivity contribution in [3.8, 4) is 5.75 Å². The lowest BCUT2D eigenvalue weighted by Crippen LogP contribution is -2.27. The van der Waals surface area contributed by atoms with Gasteiger partial charge in [-0.25, -0.2) is 4.98 Å². The van der Waals surface area contributed by atoms with Gasteiger partial charge in [-0.05, 0) is 56.2 Å². The molecule has 3 rings (SSSR count). The maximum atomic E-state index is 12.5. The number of carbonyl (C=O) groups excluding carboxylic acids is 1. The Hall–Kier alpha value is -2.66. The first kappa shape index (κ1) is 18.1. The Kier molecular flexibility index (Phi) is 5.68. The number of hydrogen-bond donors (Lipinski definition) is 1. The molecule has 3 aromatic rings. The van der Waals surface area contributed by atoms with Crippen molar-refractivity contribution in [2.45, 2.75) is 33.4 Å². The first-order valence-corrected chi connectivity index (χ1v) is 9.41. The molecular formula is C21H22N2O2S. The summed E-state index contributed by atoms with van der Waals surface area (Å²) in [4.78, 5) is 16.8. The number of ether oxygens (including phenoxy) is 1. The van der Waals surface area contributed by atoms with Crippen molar-refractivity contribution < 1.29 is 9.53 Å². The van der Waals surface area contributed by atoms with Gasteiger partial charge in [0.2, 0.25) is 0 Å². The summed E-state index contributed by atoms with van der Waals surface area (Å²) in [6.45, 7) is 6.45. The van der Waals surface area contributed by atoms with Gasteiger partial charge >= 0.3 is 0 Å². The number of carbonyl (C=O) groups is 1. The standard InChI is InChI=1S/C21H22N2O2S/c1-14-6-4-5-7-20(14)15(2)22-21(24)17-8-10-19(11-9-17)25-12-18-13-26-16(3)23-18/h4-11,13,15H,12H2,1-3H3,(H,22,24)/t15-/m1/s1. The van der Waals surface area contributed by atoms with Crippen LogP contribution in [0.4, 0.5) is 0 Å². The molecule has 0 saturated carbocycles. The van der Waals surface area contributed by atoms with Crippen molar-refractivity contribution in [2.75, 3.05) is 0 Å². The zero-order valence-electron chi connectivity index (χ0n) is 15.2. The van der Waals surface area contributed by atoms with E-state index < -0.39 is 0 Å². The van der Waals surface area contributed by atoms with Crippen molar-refractivity contribution >= 4 is 17.2 Å². The highest BCUT2D eigenvalue weighted by molar-refractivity contribution is 7.09. The normalized spacial score (nSPS) is 11.8. The highest BCUT2D eigenvalue weighted by Crippen LogP contribution is 2.19. The van der Waals surface area contributed by atoms with Gasteiger partial charge in [-0.15, -0.1) is 11.3 Å². The SMILES string of the molecule is Cc1nc(COc2ccc(C(=O)N[C@H](C)c3ccccc3C)cc2)cs1. The Labute approximate surface area is 157 Å². The van der Waals surface area contributed by atoms with Gasteiger partial charge in [0.05, 0.1) is 16.7 Å². The molecule has 0 aliphatic carbocycles. The number of hydrogen-bond acceptors (Lipinski definition) is 4. The molecule has 1 atom stereocenters. The van der Waals surface area contributed by atoms with Crippen LogP contribution in [0.15, 0.2) is 53.9 Å². The molecule has 1 aromatic heterocycles. The average molecular weight is 366 g/mol. The fourth-order valence-corrected chi connectivity index (χ4v) is 3.36. The van der Waals surface area contributed by atoms with Crippen LogP contribution in [0.25, 0.3) is 0 Å². The van der Waals surface area contributed by atoms with Gasteiger partial charge in [0, 0.05) is 10.9 Å². The second kappa shape index (κ2) is 8.15. The molecule has 0 unspecified atom stereocenters. The third kappa shape index (κ3) is 4.49. The first-order chi connectivity index (χ1) is 12.5. The number of amides is 1. The Morgan fingerprint density at radius 2 is 1.88 bits per heavy atom. The summed E-state index contributed by atoms with van der Waals surface area (Å²) >= 11 is 1.61. The van der Waals surface area contributed by atoms with Gasteiger partial charge in [0.15, 0.2) is 0 Å². The number of thiazole rings is 1. The van der Waals surface area contributed by atoms with E-state index in [1.807, 2.05) is 62.5 Å². The maximum Gasteiger partial charge on any atom is 0.251 e. The molecule has 0 bridgehead atoms. The zero-order valence-corrected chi connectivity index (χ0v) is 16.0. The number of nitrogens with one attached hydrogen (secondary N) is 1. The highest BCUT2D eigenvalue weighted by atomic mass is 32.1. The fraction of sp³-hybridized carbons (Fsp3) is 0.238. The van der Waals surface area contributed by atoms with E-state index in [9.17, 15) is 4.79 Å². The van der Waals surface area contributed by atoms with Crippen molar-refractivity contribution in [3.63, 3.8) is 0 Å². The molecular weight excluding hydrogens is 344 g/mol. The molecule has 0 aliphatic heterocycles. The van der Waals surface area contributed by atoms with Crippen molar-refractivity contribution in [2.24, 2.45) is 0 Å². The molecule has 26 heavy (non-hydrogen) atoms. The molecule has 1 heterocycles. The molecule has 134 valence electrons. The molecule has 0 saturated heterocycles. The van der Waals surface area contributed by atoms with Crippen LogP contribution >= 0.6 is 11.3 Å². The number of aromatic nitrogens is 1. The minimum atomic E-state index is -0.0950. The molecule has 2 aromatic carbocycles. The van der Waals surface area contributed by atoms with Gasteiger partial charge in [-0.1, -0.05) is 24.3 Å². The number of nitrogens with zero attached hydrogens (tertiary/aromatic N) is 1. The van der Waals surface area contributed by atoms with Crippen LogP contribution in [0.2, 0.25) is 0 Å². The number of benzene rings is 2. The summed E-state index contributed by atoms with van der Waals surface area (Å²) in [5.41, 5.74) is 3.82. The Balaban J connectivity index is 1.59. The smallest absolute Gasteiger partial charge is 0.251 e. The molecule has 1 amide bonds. The number of aryl methyl sites for hydroxylation is 2. The predicted octanol–water partition coefficient (Wildman–Crippen LogP) is 4.83. The fourth-order valence-electron chi connectivity index (χ4n) is 2.76. The van der Waals surface area contributed by atoms with E-state index >= 15 is 0 Å². The lowest BCUT2D eigenvalue weighted by atomic mass is 10.0. The monoisotopic (exact) mass is 366 g/mol. The topological polar surface area (TPSA) is 51.2 Å². The van der Waals surface area contributed by atoms with E-state index in [0.29, 0.717) is 12.2 Å². The van der Waals surface area contributed by atoms with Crippen molar-refractivity contribution in [1.82, 2.24) is 10.3 Å². The molecule has 0 fully saturated rings. The third-order valence-corrected chi connectivity index (χ3v) is 4.99. The predicted molar refractivity (Wildman–Crippen MR) is 105 cm³/mol. The molecule has 1 N–H and O–H groups in total. The van der Waals surface area contributed by atoms with Gasteiger partial charge < -0.3 is 10.1 Å². The van der Waals surface area contributed by atoms with E-state index in [2.05, 4.69) is 10.3 Å². The minimum absolute atomic E-state index is 0.0486. The summed E-state index contributed by atoms with van der Waals surface area (Å²) in [5.74, 6) is 0.626. The number of rotatable bonds is 6. The maximum absolute atomic E-state index is 12.5. The van der Waals surface area contributed by atoms with Crippen LogP contribution in [-0.4, -0.2) is 10.9 Å². The van der Waals surface area contributed by atoms with Crippen LogP contribution in [0, 0.1) is 13.8 Å². The lowest BCUT2D eigenvalue weighted by Gasteiger charge is -2.16. The quantitative estimate of drug-likeness (QED) is 0.680. The van der Waals surface area contributed by atoms with Gasteiger partial charge in [0.1, 0.15) is 12.4 Å². The Morgan fingerprint density at radius 3 is 2.54 bits per heavy atom. The van der Waals surface area contributed by atoms with Gasteiger partial charge in [-0.3, -0.25) is 4.79 Å². The van der Waals surface area contributed by atoms with E-state index in [4.69, 9.17) is 4.74 Å². The van der Waals surface area contributed by atoms with Crippen molar-refractivity contribution in [1.29, 1.82) is 0 Å². The van der Waals surface area contributed by atoms with Crippen LogP contribution < -0.4 is 10.1 Å². The zero-order chi connectivity index (χ0) is 18.5. The molecule has 0 aliphatic rings.